The second kappa shape index (κ2) is 5.98. The fourth-order valence-corrected chi connectivity index (χ4v) is 2.91. The lowest BCUT2D eigenvalue weighted by atomic mass is 9.87. The number of aliphatic hydroxyl groups excluding tert-OH is 1. The van der Waals surface area contributed by atoms with Crippen LogP contribution in [0.15, 0.2) is 52.5 Å². The lowest BCUT2D eigenvalue weighted by Crippen LogP contribution is -2.10. The van der Waals surface area contributed by atoms with Gasteiger partial charge in [-0.2, -0.15) is 0 Å². The molecule has 0 radical (unpaired) electrons. The molecule has 2 nitrogen and oxygen atoms in total. The molecule has 0 fully saturated rings. The molecule has 2 rings (SSSR count). The minimum absolute atomic E-state index is 0.166. The molecular weight excluding hydrogens is 266 g/mol. The fourth-order valence-electron chi connectivity index (χ4n) is 1.94. The summed E-state index contributed by atoms with van der Waals surface area (Å²) in [5, 5.41) is 10.6. The average Bonchev–Trinajstić information content (AvgIpc) is 2.38. The molecule has 0 aliphatic heterocycles. The van der Waals surface area contributed by atoms with Crippen LogP contribution in [0, 0.1) is 0 Å². The van der Waals surface area contributed by atoms with E-state index in [-0.39, 0.29) is 5.41 Å². The predicted octanol–water partition coefficient (Wildman–Crippen LogP) is 4.58. The van der Waals surface area contributed by atoms with Crippen LogP contribution in [-0.2, 0) is 5.41 Å². The van der Waals surface area contributed by atoms with Crippen LogP contribution in [-0.4, -0.2) is 10.1 Å². The largest absolute Gasteiger partial charge is 0.389 e. The minimum Gasteiger partial charge on any atom is -0.389 e. The Morgan fingerprint density at radius 2 is 1.75 bits per heavy atom. The van der Waals surface area contributed by atoms with Gasteiger partial charge in [0.25, 0.3) is 0 Å². The summed E-state index contributed by atoms with van der Waals surface area (Å²) in [6, 6.07) is 12.3. The van der Waals surface area contributed by atoms with Crippen molar-refractivity contribution < 1.29 is 5.11 Å². The zero-order valence-corrected chi connectivity index (χ0v) is 13.2. The highest BCUT2D eigenvalue weighted by Gasteiger charge is 2.14. The Kier molecular flexibility index (Phi) is 4.51. The smallest absolute Gasteiger partial charge is 0.106 e. The molecular formula is C17H21NOS. The van der Waals surface area contributed by atoms with E-state index in [1.807, 2.05) is 12.1 Å². The number of pyridine rings is 1. The van der Waals surface area contributed by atoms with Crippen LogP contribution in [0.4, 0.5) is 0 Å². The average molecular weight is 287 g/mol. The first kappa shape index (κ1) is 15.1. The highest BCUT2D eigenvalue weighted by molar-refractivity contribution is 7.99. The van der Waals surface area contributed by atoms with Crippen LogP contribution >= 0.6 is 11.8 Å². The molecule has 20 heavy (non-hydrogen) atoms. The summed E-state index contributed by atoms with van der Waals surface area (Å²) in [6.45, 7) is 8.39. The second-order valence-electron chi connectivity index (χ2n) is 5.95. The van der Waals surface area contributed by atoms with E-state index in [1.165, 1.54) is 5.56 Å². The van der Waals surface area contributed by atoms with E-state index < -0.39 is 6.10 Å². The number of aliphatic hydroxyl groups is 1. The molecule has 0 spiro atoms. The quantitative estimate of drug-likeness (QED) is 0.896. The summed E-state index contributed by atoms with van der Waals surface area (Å²) in [6.07, 6.45) is 1.26. The maximum atomic E-state index is 9.78. The molecule has 1 atom stereocenters. The van der Waals surface area contributed by atoms with Gasteiger partial charge in [-0.1, -0.05) is 50.7 Å². The summed E-state index contributed by atoms with van der Waals surface area (Å²) in [5.74, 6) is 0. The second-order valence-corrected chi connectivity index (χ2v) is 7.01. The molecule has 0 aliphatic carbocycles. The molecule has 0 bridgehead atoms. The van der Waals surface area contributed by atoms with Crippen molar-refractivity contribution in [1.29, 1.82) is 0 Å². The molecule has 1 aromatic heterocycles. The van der Waals surface area contributed by atoms with E-state index in [4.69, 9.17) is 0 Å². The fraction of sp³-hybridized carbons (Fsp3) is 0.353. The van der Waals surface area contributed by atoms with Crippen LogP contribution in [0.25, 0.3) is 0 Å². The SMILES string of the molecule is C[C@@H](O)c1cccnc1Sc1ccc(C(C)(C)C)cc1. The van der Waals surface area contributed by atoms with Gasteiger partial charge in [-0.25, -0.2) is 4.98 Å². The van der Waals surface area contributed by atoms with Crippen molar-refractivity contribution in [3.63, 3.8) is 0 Å². The third kappa shape index (κ3) is 3.62. The van der Waals surface area contributed by atoms with E-state index in [1.54, 1.807) is 24.9 Å². The van der Waals surface area contributed by atoms with E-state index in [0.717, 1.165) is 15.5 Å². The van der Waals surface area contributed by atoms with Crippen molar-refractivity contribution in [1.82, 2.24) is 4.98 Å². The number of aromatic nitrogens is 1. The van der Waals surface area contributed by atoms with Crippen molar-refractivity contribution in [2.24, 2.45) is 0 Å². The van der Waals surface area contributed by atoms with Gasteiger partial charge in [-0.05, 0) is 36.1 Å². The third-order valence-electron chi connectivity index (χ3n) is 3.19. The normalized spacial score (nSPS) is 13.2. The monoisotopic (exact) mass is 287 g/mol. The molecule has 1 aromatic carbocycles. The molecule has 0 aliphatic rings. The Morgan fingerprint density at radius 3 is 2.30 bits per heavy atom. The van der Waals surface area contributed by atoms with Gasteiger partial charge in [-0.3, -0.25) is 0 Å². The number of rotatable bonds is 3. The van der Waals surface area contributed by atoms with Gasteiger partial charge in [0, 0.05) is 16.7 Å². The maximum Gasteiger partial charge on any atom is 0.106 e. The topological polar surface area (TPSA) is 33.1 Å². The van der Waals surface area contributed by atoms with Crippen LogP contribution in [0.2, 0.25) is 0 Å². The predicted molar refractivity (Wildman–Crippen MR) is 84.1 cm³/mol. The zero-order chi connectivity index (χ0) is 14.8. The summed E-state index contributed by atoms with van der Waals surface area (Å²) >= 11 is 1.59. The molecule has 1 N–H and O–H groups in total. The first-order valence-corrected chi connectivity index (χ1v) is 7.61. The molecule has 3 heteroatoms. The Labute approximate surface area is 125 Å². The molecule has 0 saturated heterocycles. The van der Waals surface area contributed by atoms with Gasteiger partial charge in [0.05, 0.1) is 6.10 Å². The summed E-state index contributed by atoms with van der Waals surface area (Å²) in [5.41, 5.74) is 2.36. The summed E-state index contributed by atoms with van der Waals surface area (Å²) in [4.78, 5) is 5.51. The van der Waals surface area contributed by atoms with Crippen LogP contribution in [0.3, 0.4) is 0 Å². The van der Waals surface area contributed by atoms with E-state index >= 15 is 0 Å². The minimum atomic E-state index is -0.500. The molecule has 0 saturated carbocycles. The van der Waals surface area contributed by atoms with Crippen molar-refractivity contribution in [3.8, 4) is 0 Å². The molecule has 106 valence electrons. The molecule has 1 heterocycles. The van der Waals surface area contributed by atoms with Gasteiger partial charge in [0.15, 0.2) is 0 Å². The summed E-state index contributed by atoms with van der Waals surface area (Å²) in [7, 11) is 0. The first-order valence-electron chi connectivity index (χ1n) is 6.79. The Bertz CT molecular complexity index is 570. The Morgan fingerprint density at radius 1 is 1.10 bits per heavy atom. The van der Waals surface area contributed by atoms with Crippen LogP contribution < -0.4 is 0 Å². The van der Waals surface area contributed by atoms with Gasteiger partial charge < -0.3 is 5.11 Å². The van der Waals surface area contributed by atoms with E-state index in [9.17, 15) is 5.11 Å². The Hall–Kier alpha value is -1.32. The van der Waals surface area contributed by atoms with Gasteiger partial charge in [0.2, 0.25) is 0 Å². The van der Waals surface area contributed by atoms with Gasteiger partial charge in [-0.15, -0.1) is 0 Å². The summed E-state index contributed by atoms with van der Waals surface area (Å²) < 4.78 is 0. The van der Waals surface area contributed by atoms with Crippen molar-refractivity contribution >= 4 is 11.8 Å². The van der Waals surface area contributed by atoms with Crippen LogP contribution in [0.5, 0.6) is 0 Å². The van der Waals surface area contributed by atoms with Crippen molar-refractivity contribution in [2.45, 2.75) is 49.1 Å². The number of nitrogens with zero attached hydrogens (tertiary/aromatic N) is 1. The van der Waals surface area contributed by atoms with Crippen molar-refractivity contribution in [3.05, 3.63) is 53.7 Å². The molecule has 0 amide bonds. The highest BCUT2D eigenvalue weighted by atomic mass is 32.2. The highest BCUT2D eigenvalue weighted by Crippen LogP contribution is 2.32. The first-order chi connectivity index (χ1) is 9.38. The zero-order valence-electron chi connectivity index (χ0n) is 12.4. The third-order valence-corrected chi connectivity index (χ3v) is 4.23. The standard InChI is InChI=1S/C17H21NOS/c1-12(19)15-6-5-11-18-16(15)20-14-9-7-13(8-10-14)17(2,3)4/h5-12,19H,1-4H3/t12-/m1/s1. The number of hydrogen-bond donors (Lipinski definition) is 1. The lowest BCUT2D eigenvalue weighted by Gasteiger charge is -2.19. The van der Waals surface area contributed by atoms with E-state index in [0.29, 0.717) is 0 Å². The molecule has 2 aromatic rings. The lowest BCUT2D eigenvalue weighted by molar-refractivity contribution is 0.195. The van der Waals surface area contributed by atoms with E-state index in [2.05, 4.69) is 50.0 Å². The number of hydrogen-bond acceptors (Lipinski definition) is 3. The van der Waals surface area contributed by atoms with Gasteiger partial charge in [0.1, 0.15) is 5.03 Å². The van der Waals surface area contributed by atoms with Crippen LogP contribution in [0.1, 0.15) is 44.9 Å². The maximum absolute atomic E-state index is 9.78. The number of benzene rings is 1. The Balaban J connectivity index is 2.23. The molecule has 0 unspecified atom stereocenters. The van der Waals surface area contributed by atoms with Gasteiger partial charge >= 0.3 is 0 Å². The van der Waals surface area contributed by atoms with Crippen molar-refractivity contribution in [2.75, 3.05) is 0 Å².